The number of ether oxygens (including phenoxy) is 3. The summed E-state index contributed by atoms with van der Waals surface area (Å²) in [6.07, 6.45) is 2.15. The molecule has 11 heteroatoms. The Morgan fingerprint density at radius 3 is 2.49 bits per heavy atom. The van der Waals surface area contributed by atoms with E-state index in [0.29, 0.717) is 69.6 Å². The molecule has 1 amide bonds. The average molecular weight is 693 g/mol. The van der Waals surface area contributed by atoms with Crippen molar-refractivity contribution in [3.8, 4) is 17.2 Å². The molecule has 0 saturated heterocycles. The Morgan fingerprint density at radius 1 is 1.00 bits per heavy atom. The van der Waals surface area contributed by atoms with E-state index in [1.807, 2.05) is 87.5 Å². The van der Waals surface area contributed by atoms with Gasteiger partial charge in [-0.3, -0.25) is 4.79 Å². The van der Waals surface area contributed by atoms with Crippen molar-refractivity contribution < 1.29 is 19.0 Å². The first kappa shape index (κ1) is 32.4. The molecule has 0 fully saturated rings. The van der Waals surface area contributed by atoms with Crippen LogP contribution in [0.2, 0.25) is 0 Å². The lowest BCUT2D eigenvalue weighted by atomic mass is 9.94. The third kappa shape index (κ3) is 7.65. The summed E-state index contributed by atoms with van der Waals surface area (Å²) in [6, 6.07) is 20.7. The van der Waals surface area contributed by atoms with Crippen molar-refractivity contribution in [1.82, 2.24) is 14.8 Å². The molecule has 3 aromatic carbocycles. The van der Waals surface area contributed by atoms with Gasteiger partial charge in [-0.15, -0.1) is 5.10 Å². The van der Waals surface area contributed by atoms with E-state index < -0.39 is 6.04 Å². The Labute approximate surface area is 276 Å². The third-order valence-corrected chi connectivity index (χ3v) is 8.63. The normalized spacial score (nSPS) is 14.0. The van der Waals surface area contributed by atoms with Crippen LogP contribution in [-0.4, -0.2) is 39.6 Å². The van der Waals surface area contributed by atoms with Crippen LogP contribution in [0.5, 0.6) is 17.2 Å². The number of allylic oxidation sites excluding steroid dienone is 1. The monoisotopic (exact) mass is 691 g/mol. The van der Waals surface area contributed by atoms with Crippen LogP contribution in [0, 0.1) is 0 Å². The predicted octanol–water partition coefficient (Wildman–Crippen LogP) is 8.24. The number of aromatic nitrogens is 3. The second kappa shape index (κ2) is 15.4. The molecule has 1 unspecified atom stereocenters. The summed E-state index contributed by atoms with van der Waals surface area (Å²) in [5, 5.41) is 11.9. The zero-order valence-corrected chi connectivity index (χ0v) is 28.3. The summed E-state index contributed by atoms with van der Waals surface area (Å²) < 4.78 is 20.6. The van der Waals surface area contributed by atoms with Crippen molar-refractivity contribution in [2.45, 2.75) is 58.3 Å². The number of nitrogens with one attached hydrogen (secondary N) is 2. The van der Waals surface area contributed by atoms with Crippen molar-refractivity contribution >= 4 is 45.2 Å². The molecule has 1 aromatic heterocycles. The van der Waals surface area contributed by atoms with Crippen LogP contribution in [0.15, 0.2) is 87.6 Å². The Bertz CT molecular complexity index is 1660. The molecule has 0 aliphatic carbocycles. The number of anilines is 2. The number of amides is 1. The number of rotatable bonds is 14. The van der Waals surface area contributed by atoms with Gasteiger partial charge in [-0.05, 0) is 78.5 Å². The number of para-hydroxylation sites is 2. The standard InChI is InChI=1S/C34H38BrN5O4S/c1-5-8-18-45-34-38-33-36-22(4)29(32(41)37-26-16-12-13-17-27(26)42-6-2)30(40(33)39-34)24-19-25(35)31(28(20-24)43-7-3)44-21-23-14-10-9-11-15-23/h9-17,19-20,30H,5-8,18,21H2,1-4H3,(H,37,41)(H,36,38,39). The van der Waals surface area contributed by atoms with Gasteiger partial charge >= 0.3 is 0 Å². The van der Waals surface area contributed by atoms with E-state index in [9.17, 15) is 4.79 Å². The summed E-state index contributed by atoms with van der Waals surface area (Å²) in [4.78, 5) is 18.9. The summed E-state index contributed by atoms with van der Waals surface area (Å²) in [6.45, 7) is 9.18. The fourth-order valence-electron chi connectivity index (χ4n) is 5.02. The van der Waals surface area contributed by atoms with Crippen molar-refractivity contribution in [3.05, 3.63) is 93.6 Å². The Kier molecular flexibility index (Phi) is 11.1. The minimum absolute atomic E-state index is 0.281. The molecule has 1 aliphatic rings. The highest BCUT2D eigenvalue weighted by Crippen LogP contribution is 2.44. The van der Waals surface area contributed by atoms with Gasteiger partial charge in [-0.1, -0.05) is 67.6 Å². The zero-order valence-electron chi connectivity index (χ0n) is 25.9. The first-order chi connectivity index (χ1) is 21.9. The Balaban J connectivity index is 1.56. The fraction of sp³-hybridized carbons (Fsp3) is 0.324. The van der Waals surface area contributed by atoms with Crippen LogP contribution in [0.25, 0.3) is 0 Å². The molecule has 5 rings (SSSR count). The van der Waals surface area contributed by atoms with Crippen molar-refractivity contribution in [2.24, 2.45) is 0 Å². The number of fused-ring (bicyclic) bond motifs is 1. The van der Waals surface area contributed by atoms with Crippen molar-refractivity contribution in [3.63, 3.8) is 0 Å². The fourth-order valence-corrected chi connectivity index (χ4v) is 6.51. The lowest BCUT2D eigenvalue weighted by Gasteiger charge is -2.29. The molecular formula is C34H38BrN5O4S. The molecule has 1 atom stereocenters. The highest BCUT2D eigenvalue weighted by atomic mass is 79.9. The van der Waals surface area contributed by atoms with Crippen LogP contribution in [-0.2, 0) is 11.4 Å². The van der Waals surface area contributed by atoms with Crippen LogP contribution in [0.1, 0.15) is 57.7 Å². The number of unbranched alkanes of at least 4 members (excludes halogenated alkanes) is 1. The molecule has 1 aliphatic heterocycles. The van der Waals surface area contributed by atoms with E-state index in [1.165, 1.54) is 0 Å². The van der Waals surface area contributed by atoms with E-state index in [4.69, 9.17) is 24.3 Å². The van der Waals surface area contributed by atoms with E-state index >= 15 is 0 Å². The molecule has 4 aromatic rings. The van der Waals surface area contributed by atoms with Gasteiger partial charge in [-0.25, -0.2) is 4.68 Å². The van der Waals surface area contributed by atoms with Gasteiger partial charge in [0.15, 0.2) is 11.5 Å². The maximum absolute atomic E-state index is 14.2. The van der Waals surface area contributed by atoms with E-state index in [1.54, 1.807) is 16.4 Å². The highest BCUT2D eigenvalue weighted by Gasteiger charge is 2.36. The maximum Gasteiger partial charge on any atom is 0.255 e. The minimum atomic E-state index is -0.604. The summed E-state index contributed by atoms with van der Waals surface area (Å²) in [5.41, 5.74) is 3.59. The number of halogens is 1. The first-order valence-corrected chi connectivity index (χ1v) is 16.9. The zero-order chi connectivity index (χ0) is 31.8. The van der Waals surface area contributed by atoms with E-state index in [2.05, 4.69) is 33.5 Å². The molecule has 0 saturated carbocycles. The van der Waals surface area contributed by atoms with E-state index in [-0.39, 0.29) is 5.91 Å². The third-order valence-electron chi connectivity index (χ3n) is 7.12. The second-order valence-electron chi connectivity index (χ2n) is 10.4. The molecule has 2 heterocycles. The summed E-state index contributed by atoms with van der Waals surface area (Å²) in [7, 11) is 0. The number of carbonyl (C=O) groups excluding carboxylic acids is 1. The first-order valence-electron chi connectivity index (χ1n) is 15.2. The number of hydrogen-bond acceptors (Lipinski definition) is 8. The quantitative estimate of drug-likeness (QED) is 0.101. The molecule has 45 heavy (non-hydrogen) atoms. The summed E-state index contributed by atoms with van der Waals surface area (Å²) >= 11 is 5.35. The summed E-state index contributed by atoms with van der Waals surface area (Å²) in [5.74, 6) is 2.95. The molecule has 236 valence electrons. The Hall–Kier alpha value is -3.96. The van der Waals surface area contributed by atoms with Crippen molar-refractivity contribution in [1.29, 1.82) is 0 Å². The van der Waals surface area contributed by atoms with Gasteiger partial charge in [0.25, 0.3) is 5.91 Å². The van der Waals surface area contributed by atoms with Gasteiger partial charge in [0.1, 0.15) is 18.4 Å². The lowest BCUT2D eigenvalue weighted by molar-refractivity contribution is -0.113. The lowest BCUT2D eigenvalue weighted by Crippen LogP contribution is -2.31. The van der Waals surface area contributed by atoms with Gasteiger partial charge in [0.2, 0.25) is 11.1 Å². The minimum Gasteiger partial charge on any atom is -0.492 e. The van der Waals surface area contributed by atoms with Gasteiger partial charge in [-0.2, -0.15) is 4.98 Å². The van der Waals surface area contributed by atoms with Gasteiger partial charge in [0.05, 0.1) is 28.9 Å². The van der Waals surface area contributed by atoms with Gasteiger partial charge < -0.3 is 24.8 Å². The number of nitrogens with zero attached hydrogens (tertiary/aromatic N) is 3. The molecule has 0 bridgehead atoms. The molecule has 0 spiro atoms. The largest absolute Gasteiger partial charge is 0.492 e. The smallest absolute Gasteiger partial charge is 0.255 e. The molecular weight excluding hydrogens is 654 g/mol. The SMILES string of the molecule is CCCCSc1nc2n(n1)C(c1cc(Br)c(OCc3ccccc3)c(OCC)c1)C(C(=O)Nc1ccccc1OCC)=C(C)N2. The second-order valence-corrected chi connectivity index (χ2v) is 12.3. The van der Waals surface area contributed by atoms with Crippen LogP contribution in [0.4, 0.5) is 11.6 Å². The Morgan fingerprint density at radius 2 is 1.73 bits per heavy atom. The number of carbonyl (C=O) groups is 1. The molecule has 2 N–H and O–H groups in total. The van der Waals surface area contributed by atoms with Crippen molar-refractivity contribution in [2.75, 3.05) is 29.6 Å². The van der Waals surface area contributed by atoms with Crippen LogP contribution >= 0.6 is 27.7 Å². The van der Waals surface area contributed by atoms with Crippen LogP contribution in [0.3, 0.4) is 0 Å². The highest BCUT2D eigenvalue weighted by molar-refractivity contribution is 9.10. The molecule has 0 radical (unpaired) electrons. The van der Waals surface area contributed by atoms with Crippen LogP contribution < -0.4 is 24.8 Å². The maximum atomic E-state index is 14.2. The number of thioether (sulfide) groups is 1. The average Bonchev–Trinajstić information content (AvgIpc) is 3.43. The van der Waals surface area contributed by atoms with E-state index in [0.717, 1.165) is 29.7 Å². The van der Waals surface area contributed by atoms with Gasteiger partial charge in [0, 0.05) is 11.4 Å². The predicted molar refractivity (Wildman–Crippen MR) is 182 cm³/mol. The molecule has 9 nitrogen and oxygen atoms in total. The number of hydrogen-bond donors (Lipinski definition) is 2. The number of benzene rings is 3. The topological polar surface area (TPSA) is 99.5 Å².